The number of hydrogen-bond acceptors (Lipinski definition) is 3. The molecule has 1 aromatic rings. The van der Waals surface area contributed by atoms with Gasteiger partial charge < -0.3 is 5.11 Å². The van der Waals surface area contributed by atoms with Gasteiger partial charge >= 0.3 is 6.18 Å². The van der Waals surface area contributed by atoms with Gasteiger partial charge in [0.05, 0.1) is 16.6 Å². The van der Waals surface area contributed by atoms with Crippen molar-refractivity contribution < 1.29 is 26.7 Å². The smallest absolute Gasteiger partial charge is 0.393 e. The molecule has 4 nitrogen and oxygen atoms in total. The molecule has 1 aliphatic carbocycles. The second-order valence-corrected chi connectivity index (χ2v) is 7.55. The van der Waals surface area contributed by atoms with Crippen LogP contribution in [-0.2, 0) is 16.2 Å². The third-order valence-electron chi connectivity index (χ3n) is 3.99. The van der Waals surface area contributed by atoms with Crippen LogP contribution < -0.4 is 0 Å². The molecule has 2 atom stereocenters. The number of rotatable bonds is 4. The fourth-order valence-corrected chi connectivity index (χ4v) is 4.19. The van der Waals surface area contributed by atoms with Gasteiger partial charge in [0, 0.05) is 13.6 Å². The van der Waals surface area contributed by atoms with Crippen LogP contribution in [0.2, 0.25) is 0 Å². The number of sulfonamides is 1. The van der Waals surface area contributed by atoms with E-state index in [1.807, 2.05) is 0 Å². The topological polar surface area (TPSA) is 57.6 Å². The number of benzene rings is 1. The van der Waals surface area contributed by atoms with Gasteiger partial charge in [0.2, 0.25) is 10.0 Å². The highest BCUT2D eigenvalue weighted by molar-refractivity contribution is 7.89. The van der Waals surface area contributed by atoms with Crippen LogP contribution in [0.4, 0.5) is 13.2 Å². The second-order valence-electron chi connectivity index (χ2n) is 5.54. The number of nitrogens with zero attached hydrogens (tertiary/aromatic N) is 1. The number of aliphatic hydroxyl groups excluding tert-OH is 1. The normalized spacial score (nSPS) is 23.2. The zero-order valence-corrected chi connectivity index (χ0v) is 12.9. The van der Waals surface area contributed by atoms with Crippen molar-refractivity contribution in [2.45, 2.75) is 36.4 Å². The average molecular weight is 337 g/mol. The lowest BCUT2D eigenvalue weighted by Crippen LogP contribution is -2.35. The summed E-state index contributed by atoms with van der Waals surface area (Å²) in [7, 11) is -3.02. The molecule has 1 aliphatic rings. The van der Waals surface area contributed by atoms with Crippen LogP contribution in [0.15, 0.2) is 29.2 Å². The van der Waals surface area contributed by atoms with Gasteiger partial charge in [0.25, 0.3) is 0 Å². The standard InChI is InChI=1S/C14H18F3NO3S/c1-18(9-10-5-4-7-12(10)19)22(20,21)13-8-3-2-6-11(13)14(15,16)17/h2-3,6,8,10,12,19H,4-5,7,9H2,1H3. The van der Waals surface area contributed by atoms with E-state index >= 15 is 0 Å². The van der Waals surface area contributed by atoms with Gasteiger partial charge in [-0.25, -0.2) is 12.7 Å². The molecule has 2 unspecified atom stereocenters. The molecule has 0 radical (unpaired) electrons. The first-order valence-electron chi connectivity index (χ1n) is 6.94. The first-order valence-corrected chi connectivity index (χ1v) is 8.38. The maximum Gasteiger partial charge on any atom is 0.417 e. The molecule has 1 N–H and O–H groups in total. The zero-order valence-electron chi connectivity index (χ0n) is 12.0. The second kappa shape index (κ2) is 6.17. The maximum atomic E-state index is 13.0. The van der Waals surface area contributed by atoms with Gasteiger partial charge in [-0.1, -0.05) is 18.6 Å². The van der Waals surface area contributed by atoms with Crippen molar-refractivity contribution in [3.8, 4) is 0 Å². The quantitative estimate of drug-likeness (QED) is 0.918. The fourth-order valence-electron chi connectivity index (χ4n) is 2.75. The van der Waals surface area contributed by atoms with Gasteiger partial charge in [-0.05, 0) is 30.9 Å². The first-order chi connectivity index (χ1) is 10.1. The highest BCUT2D eigenvalue weighted by Gasteiger charge is 2.39. The highest BCUT2D eigenvalue weighted by Crippen LogP contribution is 2.35. The summed E-state index contributed by atoms with van der Waals surface area (Å²) in [5.74, 6) is -0.238. The van der Waals surface area contributed by atoms with Gasteiger partial charge in [-0.15, -0.1) is 0 Å². The van der Waals surface area contributed by atoms with Crippen LogP contribution in [-0.4, -0.2) is 37.5 Å². The Morgan fingerprint density at radius 2 is 1.91 bits per heavy atom. The lowest BCUT2D eigenvalue weighted by Gasteiger charge is -2.24. The summed E-state index contributed by atoms with van der Waals surface area (Å²) in [6.45, 7) is 0.00961. The molecule has 8 heteroatoms. The highest BCUT2D eigenvalue weighted by atomic mass is 32.2. The summed E-state index contributed by atoms with van der Waals surface area (Å²) in [5.41, 5.74) is -1.17. The molecule has 0 heterocycles. The van der Waals surface area contributed by atoms with Crippen LogP contribution in [0, 0.1) is 5.92 Å². The monoisotopic (exact) mass is 337 g/mol. The summed E-state index contributed by atoms with van der Waals surface area (Å²) < 4.78 is 64.7. The van der Waals surface area contributed by atoms with Crippen LogP contribution in [0.5, 0.6) is 0 Å². The Bertz CT molecular complexity index is 630. The van der Waals surface area contributed by atoms with Gasteiger partial charge in [0.15, 0.2) is 0 Å². The van der Waals surface area contributed by atoms with Gasteiger partial charge in [-0.3, -0.25) is 0 Å². The Labute approximate surface area is 127 Å². The molecule has 2 rings (SSSR count). The predicted octanol–water partition coefficient (Wildman–Crippen LogP) is 2.49. The maximum absolute atomic E-state index is 13.0. The van der Waals surface area contributed by atoms with Crippen molar-refractivity contribution >= 4 is 10.0 Å². The number of hydrogen-bond donors (Lipinski definition) is 1. The number of halogens is 3. The summed E-state index contributed by atoms with van der Waals surface area (Å²) in [6.07, 6.45) is -3.29. The van der Waals surface area contributed by atoms with Crippen molar-refractivity contribution in [3.63, 3.8) is 0 Å². The molecular formula is C14H18F3NO3S. The van der Waals surface area contributed by atoms with Crippen LogP contribution in [0.3, 0.4) is 0 Å². The summed E-state index contributed by atoms with van der Waals surface area (Å²) in [6, 6.07) is 4.13. The van der Waals surface area contributed by atoms with Crippen molar-refractivity contribution in [2.75, 3.05) is 13.6 Å². The van der Waals surface area contributed by atoms with Gasteiger partial charge in [0.1, 0.15) is 0 Å². The summed E-state index contributed by atoms with van der Waals surface area (Å²) in [4.78, 5) is -0.752. The fraction of sp³-hybridized carbons (Fsp3) is 0.571. The Hall–Kier alpha value is -1.12. The third-order valence-corrected chi connectivity index (χ3v) is 5.87. The van der Waals surface area contributed by atoms with Crippen molar-refractivity contribution in [1.82, 2.24) is 4.31 Å². The average Bonchev–Trinajstić information content (AvgIpc) is 2.83. The van der Waals surface area contributed by atoms with E-state index in [0.717, 1.165) is 28.9 Å². The van der Waals surface area contributed by atoms with Crippen molar-refractivity contribution in [1.29, 1.82) is 0 Å². The van der Waals surface area contributed by atoms with E-state index in [9.17, 15) is 26.7 Å². The first kappa shape index (κ1) is 17.2. The van der Waals surface area contributed by atoms with Gasteiger partial charge in [-0.2, -0.15) is 13.2 Å². The largest absolute Gasteiger partial charge is 0.417 e. The summed E-state index contributed by atoms with van der Waals surface area (Å²) in [5, 5.41) is 9.76. The Kier molecular flexibility index (Phi) is 4.84. The number of alkyl halides is 3. The van der Waals surface area contributed by atoms with Crippen LogP contribution in [0.1, 0.15) is 24.8 Å². The summed E-state index contributed by atoms with van der Waals surface area (Å²) >= 11 is 0. The molecule has 22 heavy (non-hydrogen) atoms. The van der Waals surface area contributed by atoms with E-state index in [-0.39, 0.29) is 12.5 Å². The van der Waals surface area contributed by atoms with E-state index in [2.05, 4.69) is 0 Å². The molecule has 124 valence electrons. The molecule has 0 saturated heterocycles. The minimum Gasteiger partial charge on any atom is -0.393 e. The van der Waals surface area contributed by atoms with E-state index in [0.29, 0.717) is 12.8 Å². The molecule has 0 aromatic heterocycles. The Balaban J connectivity index is 2.30. The molecule has 0 aliphatic heterocycles. The molecular weight excluding hydrogens is 319 g/mol. The van der Waals surface area contributed by atoms with Crippen molar-refractivity contribution in [3.05, 3.63) is 29.8 Å². The molecule has 0 amide bonds. The van der Waals surface area contributed by atoms with Crippen molar-refractivity contribution in [2.24, 2.45) is 5.92 Å². The molecule has 1 saturated carbocycles. The molecule has 1 aromatic carbocycles. The SMILES string of the molecule is CN(CC1CCCC1O)S(=O)(=O)c1ccccc1C(F)(F)F. The zero-order chi connectivity index (χ0) is 16.5. The van der Waals surface area contributed by atoms with E-state index < -0.39 is 32.8 Å². The predicted molar refractivity (Wildman–Crippen MR) is 74.6 cm³/mol. The lowest BCUT2D eigenvalue weighted by atomic mass is 10.1. The number of aliphatic hydroxyl groups is 1. The minimum absolute atomic E-state index is 0.00961. The van der Waals surface area contributed by atoms with E-state index in [1.54, 1.807) is 0 Å². The lowest BCUT2D eigenvalue weighted by molar-refractivity contribution is -0.139. The Morgan fingerprint density at radius 1 is 1.27 bits per heavy atom. The Morgan fingerprint density at radius 3 is 2.45 bits per heavy atom. The minimum atomic E-state index is -4.74. The molecule has 1 fully saturated rings. The molecule has 0 bridgehead atoms. The van der Waals surface area contributed by atoms with E-state index in [4.69, 9.17) is 0 Å². The van der Waals surface area contributed by atoms with Crippen LogP contribution in [0.25, 0.3) is 0 Å². The third kappa shape index (κ3) is 3.44. The van der Waals surface area contributed by atoms with E-state index in [1.165, 1.54) is 13.1 Å². The van der Waals surface area contributed by atoms with Crippen LogP contribution >= 0.6 is 0 Å². The molecule has 0 spiro atoms.